The van der Waals surface area contributed by atoms with Crippen molar-refractivity contribution in [2.75, 3.05) is 19.1 Å². The average molecular weight is 400 g/mol. The maximum absolute atomic E-state index is 12.2. The first-order valence-corrected chi connectivity index (χ1v) is 9.76. The Balaban J connectivity index is 2.06. The predicted octanol–water partition coefficient (Wildman–Crippen LogP) is 4.89. The van der Waals surface area contributed by atoms with Gasteiger partial charge in [-0.1, -0.05) is 12.1 Å². The largest absolute Gasteiger partial charge is 0.464 e. The van der Waals surface area contributed by atoms with Crippen molar-refractivity contribution in [1.82, 2.24) is 9.78 Å². The van der Waals surface area contributed by atoms with E-state index in [0.717, 1.165) is 24.1 Å². The van der Waals surface area contributed by atoms with Crippen LogP contribution >= 0.6 is 0 Å². The van der Waals surface area contributed by atoms with Crippen LogP contribution in [-0.2, 0) is 15.0 Å². The van der Waals surface area contributed by atoms with E-state index in [4.69, 9.17) is 14.6 Å². The second kappa shape index (κ2) is 7.80. The highest BCUT2D eigenvalue weighted by atomic mass is 16.7. The number of nitrogens with zero attached hydrogens (tertiary/aromatic N) is 3. The molecule has 1 aromatic carbocycles. The summed E-state index contributed by atoms with van der Waals surface area (Å²) in [6.45, 7) is 9.90. The fourth-order valence-electron chi connectivity index (χ4n) is 3.91. The first kappa shape index (κ1) is 21.3. The van der Waals surface area contributed by atoms with E-state index >= 15 is 0 Å². The van der Waals surface area contributed by atoms with Crippen molar-refractivity contribution < 1.29 is 19.4 Å². The molecule has 2 aromatic rings. The van der Waals surface area contributed by atoms with Crippen LogP contribution in [0.2, 0.25) is 0 Å². The minimum absolute atomic E-state index is 0.134. The third-order valence-electron chi connectivity index (χ3n) is 5.55. The monoisotopic (exact) mass is 400 g/mol. The van der Waals surface area contributed by atoms with Crippen LogP contribution in [0.3, 0.4) is 0 Å². The van der Waals surface area contributed by atoms with E-state index in [-0.39, 0.29) is 5.92 Å². The number of carbonyl (C=O) groups is 1. The molecule has 1 radical (unpaired) electrons. The Morgan fingerprint density at radius 1 is 1.28 bits per heavy atom. The van der Waals surface area contributed by atoms with Crippen LogP contribution in [-0.4, -0.2) is 41.0 Å². The zero-order chi connectivity index (χ0) is 21.4. The molecular weight excluding hydrogens is 370 g/mol. The number of aromatic nitrogens is 2. The van der Waals surface area contributed by atoms with Crippen molar-refractivity contribution >= 4 is 17.6 Å². The zero-order valence-corrected chi connectivity index (χ0v) is 17.8. The molecule has 0 bridgehead atoms. The second-order valence-corrected chi connectivity index (χ2v) is 8.55. The number of carboxylic acid groups (broad SMARTS) is 1. The highest BCUT2D eigenvalue weighted by Crippen LogP contribution is 2.44. The molecule has 7 heteroatoms. The minimum Gasteiger partial charge on any atom is -0.464 e. The molecule has 0 spiro atoms. The van der Waals surface area contributed by atoms with Gasteiger partial charge in [0.1, 0.15) is 5.82 Å². The van der Waals surface area contributed by atoms with Crippen LogP contribution in [0.4, 0.5) is 16.3 Å². The van der Waals surface area contributed by atoms with E-state index in [2.05, 4.69) is 6.92 Å². The van der Waals surface area contributed by atoms with Gasteiger partial charge in [-0.15, -0.1) is 0 Å². The van der Waals surface area contributed by atoms with Crippen LogP contribution in [0.5, 0.6) is 0 Å². The Labute approximate surface area is 172 Å². The van der Waals surface area contributed by atoms with Crippen molar-refractivity contribution in [2.24, 2.45) is 0 Å². The molecule has 157 valence electrons. The van der Waals surface area contributed by atoms with Crippen LogP contribution < -0.4 is 4.90 Å². The molecule has 1 unspecified atom stereocenters. The van der Waals surface area contributed by atoms with E-state index in [1.165, 1.54) is 4.90 Å². The molecule has 0 aliphatic heterocycles. The number of hydrogen-bond acceptors (Lipinski definition) is 4. The summed E-state index contributed by atoms with van der Waals surface area (Å²) in [6, 6.07) is 8.99. The molecule has 1 fully saturated rings. The van der Waals surface area contributed by atoms with Gasteiger partial charge in [-0.05, 0) is 51.8 Å². The number of hydrogen-bond donors (Lipinski definition) is 1. The van der Waals surface area contributed by atoms with Gasteiger partial charge in [-0.2, -0.15) is 5.10 Å². The summed E-state index contributed by atoms with van der Waals surface area (Å²) in [5, 5.41) is 14.8. The second-order valence-electron chi connectivity index (χ2n) is 8.55. The molecule has 1 aliphatic rings. The zero-order valence-electron chi connectivity index (χ0n) is 17.8. The lowest BCUT2D eigenvalue weighted by Gasteiger charge is -2.27. The summed E-state index contributed by atoms with van der Waals surface area (Å²) in [7, 11) is 3.31. The van der Waals surface area contributed by atoms with E-state index in [0.29, 0.717) is 17.9 Å². The molecule has 1 amide bonds. The van der Waals surface area contributed by atoms with Crippen molar-refractivity contribution in [2.45, 2.75) is 57.3 Å². The van der Waals surface area contributed by atoms with Gasteiger partial charge in [0.15, 0.2) is 5.79 Å². The number of amides is 1. The Morgan fingerprint density at radius 3 is 2.38 bits per heavy atom. The summed E-state index contributed by atoms with van der Waals surface area (Å²) in [5.74, 6) is 0.0477. The van der Waals surface area contributed by atoms with Gasteiger partial charge in [-0.3, -0.25) is 0 Å². The molecule has 29 heavy (non-hydrogen) atoms. The number of benzene rings is 1. The van der Waals surface area contributed by atoms with Crippen LogP contribution in [0.15, 0.2) is 30.3 Å². The third kappa shape index (κ3) is 4.16. The molecule has 3 rings (SSSR count). The molecule has 1 heterocycles. The molecular formula is C22H30N3O4. The normalized spacial score (nSPS) is 18.8. The van der Waals surface area contributed by atoms with Gasteiger partial charge in [0.25, 0.3) is 0 Å². The summed E-state index contributed by atoms with van der Waals surface area (Å²) in [4.78, 5) is 13.5. The lowest BCUT2D eigenvalue weighted by atomic mass is 10.0. The first-order valence-electron chi connectivity index (χ1n) is 9.76. The van der Waals surface area contributed by atoms with Gasteiger partial charge < -0.3 is 14.6 Å². The van der Waals surface area contributed by atoms with Crippen molar-refractivity contribution in [1.29, 1.82) is 0 Å². The van der Waals surface area contributed by atoms with E-state index in [9.17, 15) is 9.90 Å². The molecule has 0 saturated heterocycles. The topological polar surface area (TPSA) is 76.8 Å². The van der Waals surface area contributed by atoms with Gasteiger partial charge in [0.2, 0.25) is 0 Å². The third-order valence-corrected chi connectivity index (χ3v) is 5.55. The molecule has 1 aromatic heterocycles. The number of rotatable bonds is 5. The predicted molar refractivity (Wildman–Crippen MR) is 112 cm³/mol. The van der Waals surface area contributed by atoms with Crippen LogP contribution in [0.25, 0.3) is 0 Å². The van der Waals surface area contributed by atoms with Crippen molar-refractivity contribution in [3.05, 3.63) is 48.5 Å². The Hall–Kier alpha value is -2.38. The number of ether oxygens (including phenoxy) is 2. The van der Waals surface area contributed by atoms with Gasteiger partial charge in [0.05, 0.1) is 16.9 Å². The van der Waals surface area contributed by atoms with Gasteiger partial charge in [-0.25, -0.2) is 14.4 Å². The summed E-state index contributed by atoms with van der Waals surface area (Å²) < 4.78 is 13.0. The van der Waals surface area contributed by atoms with Crippen LogP contribution in [0.1, 0.15) is 57.2 Å². The first-order chi connectivity index (χ1) is 13.6. The summed E-state index contributed by atoms with van der Waals surface area (Å²) >= 11 is 0. The number of anilines is 2. The average Bonchev–Trinajstić information content (AvgIpc) is 3.28. The molecule has 1 saturated carbocycles. The maximum atomic E-state index is 12.2. The molecule has 1 atom stereocenters. The smallest absolute Gasteiger partial charge is 0.417 e. The summed E-state index contributed by atoms with van der Waals surface area (Å²) in [5.41, 5.74) is 1.83. The fraction of sp³-hybridized carbons (Fsp3) is 0.500. The summed E-state index contributed by atoms with van der Waals surface area (Å²) in [6.07, 6.45) is 1.26. The lowest BCUT2D eigenvalue weighted by molar-refractivity contribution is -0.201. The SMILES string of the molecule is [CH2]c1ccc(N(C(=O)O)c2cc(C3CCC(OC)(OC)C3)nn2C(C)(C)C)cc1. The lowest BCUT2D eigenvalue weighted by Crippen LogP contribution is -2.32. The fourth-order valence-corrected chi connectivity index (χ4v) is 3.91. The molecule has 1 aliphatic carbocycles. The van der Waals surface area contributed by atoms with Gasteiger partial charge >= 0.3 is 6.09 Å². The molecule has 1 N–H and O–H groups in total. The maximum Gasteiger partial charge on any atom is 0.417 e. The minimum atomic E-state index is -1.06. The van der Waals surface area contributed by atoms with Crippen molar-refractivity contribution in [3.63, 3.8) is 0 Å². The Kier molecular flexibility index (Phi) is 5.74. The van der Waals surface area contributed by atoms with Crippen LogP contribution in [0, 0.1) is 6.92 Å². The van der Waals surface area contributed by atoms with E-state index < -0.39 is 17.4 Å². The highest BCUT2D eigenvalue weighted by Gasteiger charge is 2.42. The highest BCUT2D eigenvalue weighted by molar-refractivity contribution is 5.94. The van der Waals surface area contributed by atoms with E-state index in [1.807, 2.05) is 26.8 Å². The standard InChI is InChI=1S/C22H30N3O4/c1-15-7-9-17(10-8-15)24(20(26)27)19-13-18(23-25(19)21(2,3)4)16-11-12-22(14-16,28-5)29-6/h7-10,13,16H,1,11-12,14H2,2-6H3,(H,26,27). The quantitative estimate of drug-likeness (QED) is 0.723. The van der Waals surface area contributed by atoms with E-state index in [1.54, 1.807) is 43.2 Å². The number of methoxy groups -OCH3 is 2. The van der Waals surface area contributed by atoms with Gasteiger partial charge in [0, 0.05) is 39.0 Å². The molecule has 7 nitrogen and oxygen atoms in total. The Morgan fingerprint density at radius 2 is 1.90 bits per heavy atom. The Bertz CT molecular complexity index is 863. The van der Waals surface area contributed by atoms with Crippen molar-refractivity contribution in [3.8, 4) is 0 Å².